The Balaban J connectivity index is 2.17. The van der Waals surface area contributed by atoms with Crippen molar-refractivity contribution in [3.8, 4) is 0 Å². The minimum absolute atomic E-state index is 0.0179. The average molecular weight is 315 g/mol. The molecule has 7 heteroatoms. The fourth-order valence-electron chi connectivity index (χ4n) is 1.87. The summed E-state index contributed by atoms with van der Waals surface area (Å²) >= 11 is 0. The van der Waals surface area contributed by atoms with Crippen molar-refractivity contribution in [1.29, 1.82) is 0 Å². The molecule has 1 N–H and O–H groups in total. The van der Waals surface area contributed by atoms with Gasteiger partial charge in [-0.2, -0.15) is 13.2 Å². The van der Waals surface area contributed by atoms with Crippen LogP contribution in [0, 0.1) is 11.6 Å². The molecule has 0 saturated heterocycles. The molecular weight excluding hydrogens is 305 g/mol. The van der Waals surface area contributed by atoms with Crippen LogP contribution in [-0.4, -0.2) is 5.91 Å². The summed E-state index contributed by atoms with van der Waals surface area (Å²) in [4.78, 5) is 11.8. The predicted molar refractivity (Wildman–Crippen MR) is 69.0 cm³/mol. The van der Waals surface area contributed by atoms with Crippen molar-refractivity contribution in [2.24, 2.45) is 0 Å². The molecule has 2 aromatic rings. The fourth-order valence-corrected chi connectivity index (χ4v) is 1.87. The molecule has 2 rings (SSSR count). The van der Waals surface area contributed by atoms with Gasteiger partial charge in [0.1, 0.15) is 11.6 Å². The highest BCUT2D eigenvalue weighted by molar-refractivity contribution is 5.94. The highest BCUT2D eigenvalue weighted by Crippen LogP contribution is 2.32. The van der Waals surface area contributed by atoms with Gasteiger partial charge in [0.25, 0.3) is 5.91 Å². The Morgan fingerprint density at radius 2 is 1.68 bits per heavy atom. The van der Waals surface area contributed by atoms with Crippen LogP contribution in [0.3, 0.4) is 0 Å². The van der Waals surface area contributed by atoms with E-state index in [-0.39, 0.29) is 11.1 Å². The standard InChI is InChI=1S/C15H10F5NO/c16-11-3-1-2-9(6-11)14(22)21-8-10-4-5-12(17)7-13(10)15(18,19)20/h1-7H,8H2,(H,21,22). The molecule has 22 heavy (non-hydrogen) atoms. The van der Waals surface area contributed by atoms with Crippen LogP contribution >= 0.6 is 0 Å². The molecule has 0 saturated carbocycles. The van der Waals surface area contributed by atoms with Gasteiger partial charge in [-0.1, -0.05) is 12.1 Å². The van der Waals surface area contributed by atoms with Gasteiger partial charge in [-0.3, -0.25) is 4.79 Å². The number of carbonyl (C=O) groups excluding carboxylic acids is 1. The molecule has 0 heterocycles. The Labute approximate surface area is 122 Å². The minimum Gasteiger partial charge on any atom is -0.348 e. The molecule has 0 fully saturated rings. The molecule has 2 nitrogen and oxygen atoms in total. The van der Waals surface area contributed by atoms with Crippen molar-refractivity contribution in [3.63, 3.8) is 0 Å². The molecule has 0 atom stereocenters. The molecule has 0 bridgehead atoms. The summed E-state index contributed by atoms with van der Waals surface area (Å²) < 4.78 is 64.3. The first-order valence-corrected chi connectivity index (χ1v) is 6.17. The van der Waals surface area contributed by atoms with Crippen molar-refractivity contribution < 1.29 is 26.7 Å². The lowest BCUT2D eigenvalue weighted by molar-refractivity contribution is -0.138. The van der Waals surface area contributed by atoms with Gasteiger partial charge in [-0.05, 0) is 35.9 Å². The third kappa shape index (κ3) is 3.81. The second-order valence-corrected chi connectivity index (χ2v) is 4.49. The number of hydrogen-bond acceptors (Lipinski definition) is 1. The van der Waals surface area contributed by atoms with Crippen LogP contribution in [0.1, 0.15) is 21.5 Å². The summed E-state index contributed by atoms with van der Waals surface area (Å²) in [6.45, 7) is -0.454. The van der Waals surface area contributed by atoms with Crippen LogP contribution in [-0.2, 0) is 12.7 Å². The number of benzene rings is 2. The lowest BCUT2D eigenvalue weighted by Crippen LogP contribution is -2.24. The predicted octanol–water partition coefficient (Wildman–Crippen LogP) is 3.91. The molecule has 0 aromatic heterocycles. The fraction of sp³-hybridized carbons (Fsp3) is 0.133. The molecule has 0 unspecified atom stereocenters. The van der Waals surface area contributed by atoms with Gasteiger partial charge in [0.15, 0.2) is 0 Å². The van der Waals surface area contributed by atoms with E-state index in [0.29, 0.717) is 6.07 Å². The summed E-state index contributed by atoms with van der Waals surface area (Å²) in [5, 5.41) is 2.25. The molecule has 0 aliphatic rings. The topological polar surface area (TPSA) is 29.1 Å². The van der Waals surface area contributed by atoms with Crippen LogP contribution in [0.5, 0.6) is 0 Å². The third-order valence-electron chi connectivity index (χ3n) is 2.90. The Hall–Kier alpha value is -2.44. The van der Waals surface area contributed by atoms with E-state index in [4.69, 9.17) is 0 Å². The maximum Gasteiger partial charge on any atom is 0.416 e. The molecule has 0 aliphatic heterocycles. The zero-order chi connectivity index (χ0) is 16.3. The first kappa shape index (κ1) is 15.9. The number of alkyl halides is 3. The molecular formula is C15H10F5NO. The van der Waals surface area contributed by atoms with Gasteiger partial charge in [0.2, 0.25) is 0 Å². The van der Waals surface area contributed by atoms with E-state index < -0.39 is 35.8 Å². The van der Waals surface area contributed by atoms with Crippen LogP contribution in [0.4, 0.5) is 22.0 Å². The Bertz CT molecular complexity index is 697. The Morgan fingerprint density at radius 3 is 2.32 bits per heavy atom. The van der Waals surface area contributed by atoms with Crippen molar-refractivity contribution in [3.05, 3.63) is 70.8 Å². The summed E-state index contributed by atoms with van der Waals surface area (Å²) in [5.41, 5.74) is -1.46. The quantitative estimate of drug-likeness (QED) is 0.855. The maximum absolute atomic E-state index is 13.0. The highest BCUT2D eigenvalue weighted by atomic mass is 19.4. The lowest BCUT2D eigenvalue weighted by atomic mass is 10.1. The van der Waals surface area contributed by atoms with E-state index in [2.05, 4.69) is 5.32 Å². The first-order chi connectivity index (χ1) is 10.3. The number of amides is 1. The molecule has 2 aromatic carbocycles. The van der Waals surface area contributed by atoms with Gasteiger partial charge in [-0.25, -0.2) is 8.78 Å². The van der Waals surface area contributed by atoms with E-state index in [1.807, 2.05) is 0 Å². The van der Waals surface area contributed by atoms with Crippen LogP contribution in [0.2, 0.25) is 0 Å². The Morgan fingerprint density at radius 1 is 1.00 bits per heavy atom. The Kier molecular flexibility index (Phi) is 4.44. The zero-order valence-electron chi connectivity index (χ0n) is 11.0. The first-order valence-electron chi connectivity index (χ1n) is 6.17. The third-order valence-corrected chi connectivity index (χ3v) is 2.90. The van der Waals surface area contributed by atoms with Crippen molar-refractivity contribution in [1.82, 2.24) is 5.32 Å². The minimum atomic E-state index is -4.74. The number of carbonyl (C=O) groups is 1. The second-order valence-electron chi connectivity index (χ2n) is 4.49. The highest BCUT2D eigenvalue weighted by Gasteiger charge is 2.33. The summed E-state index contributed by atoms with van der Waals surface area (Å²) in [6, 6.07) is 6.92. The summed E-state index contributed by atoms with van der Waals surface area (Å²) in [6.07, 6.45) is -4.74. The van der Waals surface area contributed by atoms with Crippen molar-refractivity contribution in [2.75, 3.05) is 0 Å². The van der Waals surface area contributed by atoms with E-state index in [1.54, 1.807) is 0 Å². The molecule has 116 valence electrons. The molecule has 0 radical (unpaired) electrons. The number of hydrogen-bond donors (Lipinski definition) is 1. The lowest BCUT2D eigenvalue weighted by Gasteiger charge is -2.13. The summed E-state index contributed by atoms with van der Waals surface area (Å²) in [7, 11) is 0. The van der Waals surface area contributed by atoms with Gasteiger partial charge >= 0.3 is 6.18 Å². The molecule has 0 spiro atoms. The van der Waals surface area contributed by atoms with E-state index in [0.717, 1.165) is 24.3 Å². The smallest absolute Gasteiger partial charge is 0.348 e. The summed E-state index contributed by atoms with van der Waals surface area (Å²) in [5.74, 6) is -2.38. The van der Waals surface area contributed by atoms with Gasteiger partial charge in [-0.15, -0.1) is 0 Å². The van der Waals surface area contributed by atoms with E-state index >= 15 is 0 Å². The monoisotopic (exact) mass is 315 g/mol. The molecule has 1 amide bonds. The number of rotatable bonds is 3. The van der Waals surface area contributed by atoms with Crippen molar-refractivity contribution >= 4 is 5.91 Å². The van der Waals surface area contributed by atoms with E-state index in [9.17, 15) is 26.7 Å². The number of nitrogens with one attached hydrogen (secondary N) is 1. The van der Waals surface area contributed by atoms with Crippen LogP contribution in [0.15, 0.2) is 42.5 Å². The zero-order valence-corrected chi connectivity index (χ0v) is 11.0. The van der Waals surface area contributed by atoms with E-state index in [1.165, 1.54) is 12.1 Å². The van der Waals surface area contributed by atoms with Crippen molar-refractivity contribution in [2.45, 2.75) is 12.7 Å². The van der Waals surface area contributed by atoms with Gasteiger partial charge < -0.3 is 5.32 Å². The van der Waals surface area contributed by atoms with Crippen LogP contribution < -0.4 is 5.32 Å². The molecule has 0 aliphatic carbocycles. The van der Waals surface area contributed by atoms with Crippen LogP contribution in [0.25, 0.3) is 0 Å². The SMILES string of the molecule is O=C(NCc1ccc(F)cc1C(F)(F)F)c1cccc(F)c1. The second kappa shape index (κ2) is 6.13. The average Bonchev–Trinajstić information content (AvgIpc) is 2.44. The van der Waals surface area contributed by atoms with Gasteiger partial charge in [0.05, 0.1) is 5.56 Å². The maximum atomic E-state index is 13.0. The van der Waals surface area contributed by atoms with Gasteiger partial charge in [0, 0.05) is 12.1 Å². The normalized spacial score (nSPS) is 11.3. The number of halogens is 5. The largest absolute Gasteiger partial charge is 0.416 e.